The number of ether oxygens (including phenoxy) is 1. The van der Waals surface area contributed by atoms with Gasteiger partial charge < -0.3 is 14.4 Å². The monoisotopic (exact) mass is 323 g/mol. The van der Waals surface area contributed by atoms with Crippen LogP contribution >= 0.6 is 0 Å². The highest BCUT2D eigenvalue weighted by Gasteiger charge is 2.18. The first-order valence-electron chi connectivity index (χ1n) is 7.98. The van der Waals surface area contributed by atoms with Crippen LogP contribution in [0.2, 0.25) is 0 Å². The van der Waals surface area contributed by atoms with Crippen LogP contribution in [-0.2, 0) is 0 Å². The van der Waals surface area contributed by atoms with Gasteiger partial charge in [0.1, 0.15) is 11.9 Å². The highest BCUT2D eigenvalue weighted by molar-refractivity contribution is 5.65. The van der Waals surface area contributed by atoms with Crippen molar-refractivity contribution in [2.75, 3.05) is 0 Å². The van der Waals surface area contributed by atoms with Gasteiger partial charge in [-0.15, -0.1) is 10.2 Å². The van der Waals surface area contributed by atoms with E-state index in [1.807, 2.05) is 12.3 Å². The van der Waals surface area contributed by atoms with Gasteiger partial charge in [-0.2, -0.15) is 0 Å². The number of aromatic hydroxyl groups is 1. The van der Waals surface area contributed by atoms with Crippen molar-refractivity contribution in [3.8, 4) is 28.7 Å². The standard InChI is InChI=1S/C17H17N5O2/c23-15-9-12(22-8-7-18-11-22)5-6-14(15)17-19-10-16(20-21-17)24-13-3-1-2-4-13/h5-11,13,23H,1-4H2. The summed E-state index contributed by atoms with van der Waals surface area (Å²) >= 11 is 0. The van der Waals surface area contributed by atoms with Gasteiger partial charge in [0.25, 0.3) is 5.88 Å². The highest BCUT2D eigenvalue weighted by Crippen LogP contribution is 2.29. The molecule has 2 heterocycles. The molecule has 0 saturated heterocycles. The molecule has 24 heavy (non-hydrogen) atoms. The predicted molar refractivity (Wildman–Crippen MR) is 86.9 cm³/mol. The van der Waals surface area contributed by atoms with E-state index >= 15 is 0 Å². The van der Waals surface area contributed by atoms with E-state index in [1.165, 1.54) is 12.8 Å². The Morgan fingerprint density at radius 2 is 2.04 bits per heavy atom. The molecule has 7 nitrogen and oxygen atoms in total. The Morgan fingerprint density at radius 3 is 2.71 bits per heavy atom. The first-order chi connectivity index (χ1) is 11.8. The van der Waals surface area contributed by atoms with E-state index in [-0.39, 0.29) is 11.9 Å². The van der Waals surface area contributed by atoms with E-state index in [0.29, 0.717) is 17.3 Å². The van der Waals surface area contributed by atoms with E-state index in [1.54, 1.807) is 35.4 Å². The minimum atomic E-state index is 0.0902. The third kappa shape index (κ3) is 2.92. The minimum Gasteiger partial charge on any atom is -0.507 e. The smallest absolute Gasteiger partial charge is 0.252 e. The van der Waals surface area contributed by atoms with Crippen molar-refractivity contribution in [3.63, 3.8) is 0 Å². The second-order valence-electron chi connectivity index (χ2n) is 5.82. The van der Waals surface area contributed by atoms with Crippen LogP contribution < -0.4 is 4.74 Å². The summed E-state index contributed by atoms with van der Waals surface area (Å²) in [5.41, 5.74) is 1.33. The molecule has 7 heteroatoms. The zero-order valence-electron chi connectivity index (χ0n) is 13.0. The Bertz CT molecular complexity index is 812. The molecule has 1 aliphatic rings. The largest absolute Gasteiger partial charge is 0.507 e. The van der Waals surface area contributed by atoms with Crippen LogP contribution in [0.3, 0.4) is 0 Å². The van der Waals surface area contributed by atoms with Crippen molar-refractivity contribution < 1.29 is 9.84 Å². The van der Waals surface area contributed by atoms with Crippen molar-refractivity contribution in [1.29, 1.82) is 0 Å². The van der Waals surface area contributed by atoms with Crippen molar-refractivity contribution in [2.24, 2.45) is 0 Å². The maximum Gasteiger partial charge on any atom is 0.252 e. The van der Waals surface area contributed by atoms with Crippen LogP contribution in [0.5, 0.6) is 11.6 Å². The van der Waals surface area contributed by atoms with E-state index in [9.17, 15) is 5.11 Å². The molecule has 0 unspecified atom stereocenters. The van der Waals surface area contributed by atoms with Gasteiger partial charge in [0.2, 0.25) is 0 Å². The van der Waals surface area contributed by atoms with E-state index in [4.69, 9.17) is 4.74 Å². The van der Waals surface area contributed by atoms with Gasteiger partial charge >= 0.3 is 0 Å². The Morgan fingerprint density at radius 1 is 1.17 bits per heavy atom. The molecule has 0 amide bonds. The molecule has 1 aliphatic carbocycles. The van der Waals surface area contributed by atoms with Crippen molar-refractivity contribution in [2.45, 2.75) is 31.8 Å². The zero-order valence-corrected chi connectivity index (χ0v) is 13.0. The van der Waals surface area contributed by atoms with Gasteiger partial charge in [-0.3, -0.25) is 0 Å². The van der Waals surface area contributed by atoms with Crippen LogP contribution in [0.15, 0.2) is 43.1 Å². The lowest BCUT2D eigenvalue weighted by molar-refractivity contribution is 0.198. The zero-order chi connectivity index (χ0) is 16.4. The van der Waals surface area contributed by atoms with E-state index in [0.717, 1.165) is 18.5 Å². The van der Waals surface area contributed by atoms with Crippen LogP contribution in [-0.4, -0.2) is 35.9 Å². The molecule has 3 aromatic rings. The molecule has 0 aliphatic heterocycles. The number of benzene rings is 1. The molecule has 4 rings (SSSR count). The van der Waals surface area contributed by atoms with Gasteiger partial charge in [0.15, 0.2) is 5.82 Å². The van der Waals surface area contributed by atoms with Gasteiger partial charge in [0, 0.05) is 18.5 Å². The lowest BCUT2D eigenvalue weighted by Gasteiger charge is -2.11. The number of imidazole rings is 1. The summed E-state index contributed by atoms with van der Waals surface area (Å²) in [7, 11) is 0. The quantitative estimate of drug-likeness (QED) is 0.794. The fourth-order valence-electron chi connectivity index (χ4n) is 2.90. The summed E-state index contributed by atoms with van der Waals surface area (Å²) in [4.78, 5) is 8.26. The summed E-state index contributed by atoms with van der Waals surface area (Å²) in [5, 5.41) is 18.4. The third-order valence-corrected chi connectivity index (χ3v) is 4.15. The number of phenolic OH excluding ortho intramolecular Hbond substituents is 1. The second kappa shape index (κ2) is 6.27. The lowest BCUT2D eigenvalue weighted by Crippen LogP contribution is -2.12. The third-order valence-electron chi connectivity index (χ3n) is 4.15. The molecule has 1 N–H and O–H groups in total. The molecular weight excluding hydrogens is 306 g/mol. The fraction of sp³-hybridized carbons (Fsp3) is 0.294. The summed E-state index contributed by atoms with van der Waals surface area (Å²) in [5.74, 6) is 0.885. The maximum absolute atomic E-state index is 10.3. The van der Waals surface area contributed by atoms with Crippen molar-refractivity contribution in [3.05, 3.63) is 43.1 Å². The Labute approximate surface area is 139 Å². The number of aromatic nitrogens is 5. The summed E-state index contributed by atoms with van der Waals surface area (Å²) in [6.07, 6.45) is 11.4. The molecule has 2 aromatic heterocycles. The molecule has 1 fully saturated rings. The number of hydrogen-bond donors (Lipinski definition) is 1. The van der Waals surface area contributed by atoms with Gasteiger partial charge in [-0.05, 0) is 37.8 Å². The SMILES string of the molecule is Oc1cc(-n2ccnc2)ccc1-c1ncc(OC2CCCC2)nn1. The molecule has 122 valence electrons. The number of phenols is 1. The van der Waals surface area contributed by atoms with Crippen LogP contribution in [0.4, 0.5) is 0 Å². The minimum absolute atomic E-state index is 0.0902. The van der Waals surface area contributed by atoms with Crippen LogP contribution in [0.1, 0.15) is 25.7 Å². The average molecular weight is 323 g/mol. The summed E-state index contributed by atoms with van der Waals surface area (Å²) < 4.78 is 7.56. The second-order valence-corrected chi connectivity index (χ2v) is 5.82. The Kier molecular flexibility index (Phi) is 3.82. The van der Waals surface area contributed by atoms with Gasteiger partial charge in [-0.25, -0.2) is 9.97 Å². The summed E-state index contributed by atoms with van der Waals surface area (Å²) in [6.45, 7) is 0. The first kappa shape index (κ1) is 14.6. The van der Waals surface area contributed by atoms with E-state index < -0.39 is 0 Å². The Balaban J connectivity index is 1.54. The number of rotatable bonds is 4. The fourth-order valence-corrected chi connectivity index (χ4v) is 2.90. The van der Waals surface area contributed by atoms with Crippen molar-refractivity contribution in [1.82, 2.24) is 24.7 Å². The molecule has 0 bridgehead atoms. The highest BCUT2D eigenvalue weighted by atomic mass is 16.5. The number of hydrogen-bond acceptors (Lipinski definition) is 6. The molecule has 1 aromatic carbocycles. The van der Waals surface area contributed by atoms with Crippen LogP contribution in [0, 0.1) is 0 Å². The molecule has 0 spiro atoms. The maximum atomic E-state index is 10.3. The van der Waals surface area contributed by atoms with Crippen LogP contribution in [0.25, 0.3) is 17.1 Å². The Hall–Kier alpha value is -2.96. The predicted octanol–water partition coefficient (Wildman–Crippen LogP) is 2.75. The average Bonchev–Trinajstić information content (AvgIpc) is 3.29. The molecule has 0 radical (unpaired) electrons. The number of nitrogens with zero attached hydrogens (tertiary/aromatic N) is 5. The normalized spacial score (nSPS) is 14.8. The van der Waals surface area contributed by atoms with Crippen molar-refractivity contribution >= 4 is 0 Å². The molecular formula is C17H17N5O2. The summed E-state index contributed by atoms with van der Waals surface area (Å²) in [6, 6.07) is 5.27. The van der Waals surface area contributed by atoms with Gasteiger partial charge in [-0.1, -0.05) is 0 Å². The lowest BCUT2D eigenvalue weighted by atomic mass is 10.1. The topological polar surface area (TPSA) is 86.0 Å². The molecule has 0 atom stereocenters. The molecule has 1 saturated carbocycles. The van der Waals surface area contributed by atoms with E-state index in [2.05, 4.69) is 20.2 Å². The first-order valence-corrected chi connectivity index (χ1v) is 7.98. The van der Waals surface area contributed by atoms with Gasteiger partial charge in [0.05, 0.1) is 23.8 Å².